The first-order valence-corrected chi connectivity index (χ1v) is 6.04. The van der Waals surface area contributed by atoms with Crippen molar-refractivity contribution in [3.63, 3.8) is 0 Å². The zero-order chi connectivity index (χ0) is 9.97. The Kier molecular flexibility index (Phi) is 3.12. The van der Waals surface area contributed by atoms with Crippen LogP contribution in [-0.2, 0) is 5.88 Å². The molecule has 0 bridgehead atoms. The fourth-order valence-corrected chi connectivity index (χ4v) is 2.71. The monoisotopic (exact) mass is 242 g/mol. The van der Waals surface area contributed by atoms with Crippen molar-refractivity contribution in [1.82, 2.24) is 0 Å². The standard InChI is InChI=1S/C11H8Cl2S/c12-5-9-6-14-7-11(9)8-2-1-3-10(13)4-8/h1-4,6-7H,5H2. The van der Waals surface area contributed by atoms with Gasteiger partial charge in [-0.25, -0.2) is 0 Å². The van der Waals surface area contributed by atoms with Crippen LogP contribution in [-0.4, -0.2) is 0 Å². The maximum atomic E-state index is 5.93. The zero-order valence-electron chi connectivity index (χ0n) is 7.34. The van der Waals surface area contributed by atoms with E-state index in [1.54, 1.807) is 11.3 Å². The van der Waals surface area contributed by atoms with E-state index in [4.69, 9.17) is 23.2 Å². The summed E-state index contributed by atoms with van der Waals surface area (Å²) in [5.41, 5.74) is 3.49. The van der Waals surface area contributed by atoms with Crippen LogP contribution in [0.25, 0.3) is 11.1 Å². The molecule has 1 heterocycles. The van der Waals surface area contributed by atoms with E-state index in [1.165, 1.54) is 11.1 Å². The van der Waals surface area contributed by atoms with E-state index in [0.717, 1.165) is 10.6 Å². The second-order valence-corrected chi connectivity index (χ2v) is 4.40. The van der Waals surface area contributed by atoms with Gasteiger partial charge < -0.3 is 0 Å². The Balaban J connectivity index is 2.49. The average Bonchev–Trinajstić information content (AvgIpc) is 2.65. The Bertz CT molecular complexity index is 434. The molecule has 1 aromatic carbocycles. The summed E-state index contributed by atoms with van der Waals surface area (Å²) < 4.78 is 0. The summed E-state index contributed by atoms with van der Waals surface area (Å²) >= 11 is 13.4. The quantitative estimate of drug-likeness (QED) is 0.664. The van der Waals surface area contributed by atoms with Crippen molar-refractivity contribution in [3.05, 3.63) is 45.6 Å². The van der Waals surface area contributed by atoms with Crippen LogP contribution >= 0.6 is 34.5 Å². The normalized spacial score (nSPS) is 10.4. The van der Waals surface area contributed by atoms with Crippen molar-refractivity contribution in [1.29, 1.82) is 0 Å². The Morgan fingerprint density at radius 2 is 2.07 bits per heavy atom. The van der Waals surface area contributed by atoms with Crippen LogP contribution in [0, 0.1) is 0 Å². The smallest absolute Gasteiger partial charge is 0.0488 e. The van der Waals surface area contributed by atoms with Crippen molar-refractivity contribution in [3.8, 4) is 11.1 Å². The van der Waals surface area contributed by atoms with Gasteiger partial charge in [0.25, 0.3) is 0 Å². The highest BCUT2D eigenvalue weighted by molar-refractivity contribution is 7.08. The fourth-order valence-electron chi connectivity index (χ4n) is 1.34. The van der Waals surface area contributed by atoms with E-state index in [-0.39, 0.29) is 0 Å². The van der Waals surface area contributed by atoms with Gasteiger partial charge in [0.1, 0.15) is 0 Å². The van der Waals surface area contributed by atoms with Gasteiger partial charge in [-0.1, -0.05) is 23.7 Å². The first-order valence-electron chi connectivity index (χ1n) is 4.18. The van der Waals surface area contributed by atoms with Gasteiger partial charge in [-0.15, -0.1) is 11.6 Å². The summed E-state index contributed by atoms with van der Waals surface area (Å²) in [5.74, 6) is 0.547. The van der Waals surface area contributed by atoms with E-state index < -0.39 is 0 Å². The highest BCUT2D eigenvalue weighted by Crippen LogP contribution is 2.29. The lowest BCUT2D eigenvalue weighted by atomic mass is 10.1. The molecular weight excluding hydrogens is 235 g/mol. The summed E-state index contributed by atoms with van der Waals surface area (Å²) in [7, 11) is 0. The first kappa shape index (κ1) is 10.0. The zero-order valence-corrected chi connectivity index (χ0v) is 9.66. The molecule has 0 nitrogen and oxygen atoms in total. The van der Waals surface area contributed by atoms with E-state index in [1.807, 2.05) is 24.3 Å². The van der Waals surface area contributed by atoms with Gasteiger partial charge >= 0.3 is 0 Å². The highest BCUT2D eigenvalue weighted by atomic mass is 35.5. The molecule has 0 saturated heterocycles. The topological polar surface area (TPSA) is 0 Å². The van der Waals surface area contributed by atoms with Crippen LogP contribution in [0.5, 0.6) is 0 Å². The van der Waals surface area contributed by atoms with Gasteiger partial charge in [0, 0.05) is 10.9 Å². The lowest BCUT2D eigenvalue weighted by molar-refractivity contribution is 1.45. The van der Waals surface area contributed by atoms with Crippen molar-refractivity contribution in [2.24, 2.45) is 0 Å². The summed E-state index contributed by atoms with van der Waals surface area (Å²) in [5, 5.41) is 4.93. The first-order chi connectivity index (χ1) is 6.81. The van der Waals surface area contributed by atoms with Gasteiger partial charge in [-0.2, -0.15) is 11.3 Å². The highest BCUT2D eigenvalue weighted by Gasteiger charge is 2.05. The van der Waals surface area contributed by atoms with Gasteiger partial charge in [-0.3, -0.25) is 0 Å². The molecule has 0 N–H and O–H groups in total. The summed E-state index contributed by atoms with van der Waals surface area (Å²) in [6, 6.07) is 7.83. The molecule has 14 heavy (non-hydrogen) atoms. The van der Waals surface area contributed by atoms with Gasteiger partial charge in [0.05, 0.1) is 0 Å². The molecule has 3 heteroatoms. The maximum Gasteiger partial charge on any atom is 0.0488 e. The molecule has 0 fully saturated rings. The molecule has 72 valence electrons. The number of benzene rings is 1. The average molecular weight is 243 g/mol. The molecule has 0 aliphatic rings. The van der Waals surface area contributed by atoms with Gasteiger partial charge in [0.2, 0.25) is 0 Å². The fraction of sp³-hybridized carbons (Fsp3) is 0.0909. The molecule has 0 aliphatic carbocycles. The second-order valence-electron chi connectivity index (χ2n) is 2.95. The molecule has 0 aliphatic heterocycles. The van der Waals surface area contributed by atoms with Crippen molar-refractivity contribution in [2.75, 3.05) is 0 Å². The Morgan fingerprint density at radius 1 is 1.21 bits per heavy atom. The lowest BCUT2D eigenvalue weighted by Gasteiger charge is -2.01. The lowest BCUT2D eigenvalue weighted by Crippen LogP contribution is -1.79. The third kappa shape index (κ3) is 1.95. The van der Waals surface area contributed by atoms with E-state index >= 15 is 0 Å². The SMILES string of the molecule is ClCc1cscc1-c1cccc(Cl)c1. The van der Waals surface area contributed by atoms with Crippen LogP contribution in [0.2, 0.25) is 5.02 Å². The molecule has 0 spiro atoms. The van der Waals surface area contributed by atoms with Crippen LogP contribution in [0.15, 0.2) is 35.0 Å². The van der Waals surface area contributed by atoms with Gasteiger partial charge in [-0.05, 0) is 39.6 Å². The number of rotatable bonds is 2. The Morgan fingerprint density at radius 3 is 2.79 bits per heavy atom. The summed E-state index contributed by atoms with van der Waals surface area (Å²) in [6.45, 7) is 0. The predicted molar refractivity (Wildman–Crippen MR) is 64.3 cm³/mol. The predicted octanol–water partition coefficient (Wildman–Crippen LogP) is 4.81. The van der Waals surface area contributed by atoms with Crippen LogP contribution in [0.3, 0.4) is 0 Å². The molecule has 1 aromatic heterocycles. The second kappa shape index (κ2) is 4.35. The minimum Gasteiger partial charge on any atom is -0.151 e. The Labute approximate surface area is 97.1 Å². The molecule has 0 atom stereocenters. The maximum absolute atomic E-state index is 5.93. The van der Waals surface area contributed by atoms with Gasteiger partial charge in [0.15, 0.2) is 0 Å². The number of hydrogen-bond acceptors (Lipinski definition) is 1. The third-order valence-electron chi connectivity index (χ3n) is 2.02. The van der Waals surface area contributed by atoms with E-state index in [9.17, 15) is 0 Å². The molecule has 0 amide bonds. The summed E-state index contributed by atoms with van der Waals surface area (Å²) in [4.78, 5) is 0. The van der Waals surface area contributed by atoms with Crippen molar-refractivity contribution >= 4 is 34.5 Å². The van der Waals surface area contributed by atoms with E-state index in [0.29, 0.717) is 5.88 Å². The minimum absolute atomic E-state index is 0.547. The number of alkyl halides is 1. The molecule has 2 rings (SSSR count). The van der Waals surface area contributed by atoms with E-state index in [2.05, 4.69) is 10.8 Å². The number of thiophene rings is 1. The van der Waals surface area contributed by atoms with Crippen LogP contribution in [0.1, 0.15) is 5.56 Å². The Hall–Kier alpha value is -0.500. The molecule has 0 radical (unpaired) electrons. The molecule has 0 saturated carbocycles. The molecular formula is C11H8Cl2S. The van der Waals surface area contributed by atoms with Crippen LogP contribution < -0.4 is 0 Å². The largest absolute Gasteiger partial charge is 0.151 e. The van der Waals surface area contributed by atoms with Crippen molar-refractivity contribution < 1.29 is 0 Å². The third-order valence-corrected chi connectivity index (χ3v) is 3.34. The molecule has 2 aromatic rings. The number of halogens is 2. The van der Waals surface area contributed by atoms with Crippen molar-refractivity contribution in [2.45, 2.75) is 5.88 Å². The number of hydrogen-bond donors (Lipinski definition) is 0. The molecule has 0 unspecified atom stereocenters. The minimum atomic E-state index is 0.547. The summed E-state index contributed by atoms with van der Waals surface area (Å²) in [6.07, 6.45) is 0. The van der Waals surface area contributed by atoms with Crippen LogP contribution in [0.4, 0.5) is 0 Å².